The van der Waals surface area contributed by atoms with Crippen LogP contribution in [0.2, 0.25) is 0 Å². The maximum absolute atomic E-state index is 15.8. The summed E-state index contributed by atoms with van der Waals surface area (Å²) in [6.45, 7) is 11.2. The number of anilines is 1. The predicted molar refractivity (Wildman–Crippen MR) is 147 cm³/mol. The average Bonchev–Trinajstić information content (AvgIpc) is 3.17. The number of nitrogens with zero attached hydrogens (tertiary/aromatic N) is 3. The molecule has 1 amide bonds. The Balaban J connectivity index is 2.12. The van der Waals surface area contributed by atoms with Crippen LogP contribution in [0.4, 0.5) is 10.2 Å². The van der Waals surface area contributed by atoms with Crippen molar-refractivity contribution in [2.24, 2.45) is 0 Å². The first-order valence-electron chi connectivity index (χ1n) is 12.9. The van der Waals surface area contributed by atoms with Gasteiger partial charge in [-0.05, 0) is 33.8 Å². The molecule has 12 nitrogen and oxygen atoms in total. The number of nitrogens with one attached hydrogen (secondary N) is 1. The maximum atomic E-state index is 15.8. The number of aliphatic hydroxyl groups is 1. The Hall–Kier alpha value is -1.51. The Morgan fingerprint density at radius 1 is 1.28 bits per heavy atom. The molecule has 0 aliphatic carbocycles. The number of thioether (sulfide) groups is 1. The molecule has 0 aromatic carbocycles. The molecule has 5 atom stereocenters. The molecule has 39 heavy (non-hydrogen) atoms. The minimum atomic E-state index is -1.83. The van der Waals surface area contributed by atoms with Crippen molar-refractivity contribution >= 4 is 37.1 Å². The van der Waals surface area contributed by atoms with E-state index in [9.17, 15) is 19.5 Å². The van der Waals surface area contributed by atoms with Crippen molar-refractivity contribution in [3.05, 3.63) is 22.7 Å². The second-order valence-corrected chi connectivity index (χ2v) is 11.8. The summed E-state index contributed by atoms with van der Waals surface area (Å²) in [5.74, 6) is 0.172. The molecule has 222 valence electrons. The standard InChI is InChI=1S/C24H40FN4O8PS/c1-7-20(32)39-13-12-34-10-11-35-38(29(15(2)3)16(4)5)37-22-18(14-30)36-23(21(22)25)28-9-8-19(26-17(6)31)27-24(28)33/h8-9,15-16,18,21-23,30H,7,10-14H2,1-6H3,(H,26,27,31,33)/t18-,21+,22?,23-,38?/m1/s1. The van der Waals surface area contributed by atoms with Gasteiger partial charge in [-0.15, -0.1) is 0 Å². The SMILES string of the molecule is CCC(=O)SCCOCCOP(OC1[C@@H](CO)O[C@@H](n2ccc(NC(C)=O)nc2=O)[C@H]1F)N(C(C)C)C(C)C. The smallest absolute Gasteiger partial charge is 0.351 e. The molecule has 2 unspecified atom stereocenters. The van der Waals surface area contributed by atoms with Gasteiger partial charge in [0.05, 0.1) is 26.4 Å². The third-order valence-electron chi connectivity index (χ3n) is 5.52. The lowest BCUT2D eigenvalue weighted by Gasteiger charge is -2.37. The van der Waals surface area contributed by atoms with E-state index in [0.29, 0.717) is 18.8 Å². The van der Waals surface area contributed by atoms with Crippen LogP contribution in [0.25, 0.3) is 0 Å². The molecule has 1 aliphatic heterocycles. The van der Waals surface area contributed by atoms with Crippen LogP contribution in [0, 0.1) is 0 Å². The summed E-state index contributed by atoms with van der Waals surface area (Å²) in [6.07, 6.45) is -3.77. The van der Waals surface area contributed by atoms with Crippen LogP contribution < -0.4 is 11.0 Å². The molecule has 1 aromatic heterocycles. The van der Waals surface area contributed by atoms with Crippen molar-refractivity contribution in [2.75, 3.05) is 37.5 Å². The number of hydrogen-bond acceptors (Lipinski definition) is 11. The van der Waals surface area contributed by atoms with Gasteiger partial charge in [0.1, 0.15) is 18.0 Å². The van der Waals surface area contributed by atoms with E-state index in [1.54, 1.807) is 0 Å². The van der Waals surface area contributed by atoms with Gasteiger partial charge in [0.25, 0.3) is 8.53 Å². The number of aliphatic hydroxyl groups excluding tert-OH is 1. The van der Waals surface area contributed by atoms with Crippen molar-refractivity contribution < 1.29 is 37.6 Å². The van der Waals surface area contributed by atoms with Crippen molar-refractivity contribution in [3.8, 4) is 0 Å². The highest BCUT2D eigenvalue weighted by Gasteiger charge is 2.49. The molecule has 15 heteroatoms. The van der Waals surface area contributed by atoms with Gasteiger partial charge < -0.3 is 28.9 Å². The lowest BCUT2D eigenvalue weighted by molar-refractivity contribution is -0.114. The molecule has 0 bridgehead atoms. The van der Waals surface area contributed by atoms with Gasteiger partial charge in [0.15, 0.2) is 17.5 Å². The Morgan fingerprint density at radius 2 is 1.97 bits per heavy atom. The van der Waals surface area contributed by atoms with E-state index < -0.39 is 51.3 Å². The van der Waals surface area contributed by atoms with E-state index in [2.05, 4.69) is 10.3 Å². The molecule has 1 aromatic rings. The molecular weight excluding hydrogens is 554 g/mol. The number of alkyl halides is 1. The maximum Gasteiger partial charge on any atom is 0.351 e. The first kappa shape index (κ1) is 33.7. The number of halogens is 1. The summed E-state index contributed by atoms with van der Waals surface area (Å²) in [5, 5.41) is 12.4. The number of carbonyl (C=O) groups is 2. The van der Waals surface area contributed by atoms with E-state index in [1.807, 2.05) is 39.3 Å². The Morgan fingerprint density at radius 3 is 2.54 bits per heavy atom. The summed E-state index contributed by atoms with van der Waals surface area (Å²) >= 11 is 1.22. The largest absolute Gasteiger partial charge is 0.394 e. The zero-order valence-electron chi connectivity index (χ0n) is 23.2. The second kappa shape index (κ2) is 16.7. The molecule has 2 N–H and O–H groups in total. The van der Waals surface area contributed by atoms with Crippen molar-refractivity contribution in [2.45, 2.75) is 84.7 Å². The fourth-order valence-electron chi connectivity index (χ4n) is 3.87. The molecule has 1 fully saturated rings. The van der Waals surface area contributed by atoms with Crippen LogP contribution in [-0.2, 0) is 28.1 Å². The quantitative estimate of drug-likeness (QED) is 0.216. The molecule has 1 saturated heterocycles. The topological polar surface area (TPSA) is 141 Å². The monoisotopic (exact) mass is 594 g/mol. The first-order chi connectivity index (χ1) is 18.5. The average molecular weight is 595 g/mol. The van der Waals surface area contributed by atoms with E-state index in [4.69, 9.17) is 18.5 Å². The zero-order valence-corrected chi connectivity index (χ0v) is 25.0. The number of carbonyl (C=O) groups excluding carboxylic acids is 2. The van der Waals surface area contributed by atoms with E-state index in [-0.39, 0.29) is 36.2 Å². The minimum Gasteiger partial charge on any atom is -0.394 e. The Labute approximate surface area is 233 Å². The number of aromatic nitrogens is 2. The van der Waals surface area contributed by atoms with Gasteiger partial charge >= 0.3 is 5.69 Å². The molecule has 0 spiro atoms. The Kier molecular flexibility index (Phi) is 14.4. The highest BCUT2D eigenvalue weighted by molar-refractivity contribution is 8.13. The van der Waals surface area contributed by atoms with Crippen LogP contribution in [0.1, 0.15) is 54.2 Å². The van der Waals surface area contributed by atoms with Crippen molar-refractivity contribution in [1.82, 2.24) is 14.2 Å². The number of rotatable bonds is 16. The fourth-order valence-corrected chi connectivity index (χ4v) is 6.25. The predicted octanol–water partition coefficient (Wildman–Crippen LogP) is 2.86. The number of amides is 1. The second-order valence-electron chi connectivity index (χ2n) is 9.27. The molecule has 0 radical (unpaired) electrons. The van der Waals surface area contributed by atoms with E-state index in [0.717, 1.165) is 4.57 Å². The van der Waals surface area contributed by atoms with E-state index in [1.165, 1.54) is 30.9 Å². The first-order valence-corrected chi connectivity index (χ1v) is 15.0. The molecule has 2 heterocycles. The lowest BCUT2D eigenvalue weighted by Crippen LogP contribution is -2.39. The summed E-state index contributed by atoms with van der Waals surface area (Å²) in [5.41, 5.74) is -0.827. The third kappa shape index (κ3) is 10.1. The Bertz CT molecular complexity index is 980. The number of hydrogen-bond donors (Lipinski definition) is 2. The van der Waals surface area contributed by atoms with Crippen LogP contribution in [0.3, 0.4) is 0 Å². The molecule has 0 saturated carbocycles. The highest BCUT2D eigenvalue weighted by Crippen LogP contribution is 2.50. The number of ether oxygens (including phenoxy) is 2. The van der Waals surface area contributed by atoms with Gasteiger partial charge in [-0.25, -0.2) is 13.9 Å². The summed E-state index contributed by atoms with van der Waals surface area (Å²) in [6, 6.07) is 1.34. The van der Waals surface area contributed by atoms with Crippen LogP contribution in [0.15, 0.2) is 17.1 Å². The normalized spacial score (nSPS) is 22.1. The third-order valence-corrected chi connectivity index (χ3v) is 8.63. The van der Waals surface area contributed by atoms with Gasteiger partial charge in [-0.2, -0.15) is 4.98 Å². The fraction of sp³-hybridized carbons (Fsp3) is 0.750. The van der Waals surface area contributed by atoms with Gasteiger partial charge in [-0.1, -0.05) is 18.7 Å². The summed E-state index contributed by atoms with van der Waals surface area (Å²) in [7, 11) is -1.81. The molecule has 1 aliphatic rings. The van der Waals surface area contributed by atoms with Crippen LogP contribution >= 0.6 is 20.3 Å². The van der Waals surface area contributed by atoms with E-state index >= 15 is 4.39 Å². The molecular formula is C24H40FN4O8PS. The van der Waals surface area contributed by atoms with Crippen LogP contribution in [-0.4, -0.2) is 93.0 Å². The van der Waals surface area contributed by atoms with Crippen molar-refractivity contribution in [1.29, 1.82) is 0 Å². The molecule has 2 rings (SSSR count). The van der Waals surface area contributed by atoms with Crippen LogP contribution in [0.5, 0.6) is 0 Å². The summed E-state index contributed by atoms with van der Waals surface area (Å²) in [4.78, 5) is 38.9. The van der Waals surface area contributed by atoms with Gasteiger partial charge in [0, 0.05) is 37.4 Å². The summed E-state index contributed by atoms with van der Waals surface area (Å²) < 4.78 is 42.2. The lowest BCUT2D eigenvalue weighted by atomic mass is 10.1. The van der Waals surface area contributed by atoms with Crippen molar-refractivity contribution in [3.63, 3.8) is 0 Å². The zero-order chi connectivity index (χ0) is 29.1. The van der Waals surface area contributed by atoms with Gasteiger partial charge in [-0.3, -0.25) is 14.2 Å². The minimum absolute atomic E-state index is 0.00891. The highest BCUT2D eigenvalue weighted by atomic mass is 32.2. The van der Waals surface area contributed by atoms with Gasteiger partial charge in [0.2, 0.25) is 5.91 Å².